The third-order valence-electron chi connectivity index (χ3n) is 3.00. The Morgan fingerprint density at radius 2 is 1.28 bits per heavy atom. The van der Waals surface area contributed by atoms with Crippen molar-refractivity contribution in [2.45, 2.75) is 27.7 Å². The molecule has 0 unspecified atom stereocenters. The highest BCUT2D eigenvalue weighted by Crippen LogP contribution is 2.30. The maximum Gasteiger partial charge on any atom is 0.181 e. The first kappa shape index (κ1) is 14.4. The molecule has 0 fully saturated rings. The van der Waals surface area contributed by atoms with Gasteiger partial charge in [-0.1, -0.05) is 0 Å². The predicted octanol–water partition coefficient (Wildman–Crippen LogP) is 0.850. The minimum absolute atomic E-state index is 0.734. The average Bonchev–Trinajstić information content (AvgIpc) is 2.42. The summed E-state index contributed by atoms with van der Waals surface area (Å²) in [5.74, 6) is 7.13. The fraction of sp³-hybridized carbons (Fsp3) is 0.727. The first-order valence-corrected chi connectivity index (χ1v) is 6.43. The van der Waals surface area contributed by atoms with Crippen LogP contribution >= 0.6 is 0 Å². The molecular weight excluding hydrogens is 230 g/mol. The maximum atomic E-state index is 5.63. The van der Waals surface area contributed by atoms with Crippen molar-refractivity contribution in [3.63, 3.8) is 0 Å². The van der Waals surface area contributed by atoms with E-state index >= 15 is 0 Å². The Morgan fingerprint density at radius 3 is 1.56 bits per heavy atom. The molecule has 7 nitrogen and oxygen atoms in total. The Balaban J connectivity index is 3.24. The highest BCUT2D eigenvalue weighted by Gasteiger charge is 2.18. The van der Waals surface area contributed by atoms with Crippen LogP contribution in [-0.4, -0.2) is 41.6 Å². The summed E-state index contributed by atoms with van der Waals surface area (Å²) in [6, 6.07) is 0. The van der Waals surface area contributed by atoms with E-state index in [-0.39, 0.29) is 0 Å². The van der Waals surface area contributed by atoms with Gasteiger partial charge in [0.05, 0.1) is 0 Å². The van der Waals surface area contributed by atoms with Crippen LogP contribution < -0.4 is 21.1 Å². The second kappa shape index (κ2) is 6.95. The van der Waals surface area contributed by atoms with Crippen LogP contribution in [0.4, 0.5) is 17.3 Å². The summed E-state index contributed by atoms with van der Waals surface area (Å²) >= 11 is 0. The molecule has 3 N–H and O–H groups in total. The molecule has 0 amide bonds. The minimum atomic E-state index is 0.734. The Hall–Kier alpha value is -1.63. The van der Waals surface area contributed by atoms with Gasteiger partial charge in [0.1, 0.15) is 5.69 Å². The van der Waals surface area contributed by atoms with Gasteiger partial charge >= 0.3 is 0 Å². The van der Waals surface area contributed by atoms with Crippen molar-refractivity contribution in [3.05, 3.63) is 0 Å². The van der Waals surface area contributed by atoms with E-state index in [1.165, 1.54) is 0 Å². The van der Waals surface area contributed by atoms with Gasteiger partial charge in [0, 0.05) is 26.2 Å². The van der Waals surface area contributed by atoms with Gasteiger partial charge in [-0.3, -0.25) is 5.84 Å². The van der Waals surface area contributed by atoms with Gasteiger partial charge < -0.3 is 15.2 Å². The van der Waals surface area contributed by atoms with Crippen molar-refractivity contribution in [3.8, 4) is 0 Å². The number of nitrogens with zero attached hydrogens (tertiary/aromatic N) is 5. The van der Waals surface area contributed by atoms with Crippen molar-refractivity contribution < 1.29 is 0 Å². The lowest BCUT2D eigenvalue weighted by atomic mass is 10.3. The fourth-order valence-corrected chi connectivity index (χ4v) is 1.93. The van der Waals surface area contributed by atoms with Crippen LogP contribution in [0.15, 0.2) is 0 Å². The van der Waals surface area contributed by atoms with E-state index in [1.54, 1.807) is 0 Å². The number of hydrogen-bond donors (Lipinski definition) is 2. The number of aromatic nitrogens is 3. The Kier molecular flexibility index (Phi) is 5.57. The summed E-state index contributed by atoms with van der Waals surface area (Å²) < 4.78 is 0. The zero-order chi connectivity index (χ0) is 13.5. The average molecular weight is 253 g/mol. The molecule has 0 spiro atoms. The second-order valence-corrected chi connectivity index (χ2v) is 3.80. The normalized spacial score (nSPS) is 10.3. The van der Waals surface area contributed by atoms with Crippen LogP contribution in [0.1, 0.15) is 27.7 Å². The molecule has 102 valence electrons. The molecule has 0 bridgehead atoms. The number of hydrazine groups is 1. The second-order valence-electron chi connectivity index (χ2n) is 3.80. The third-order valence-corrected chi connectivity index (χ3v) is 3.00. The van der Waals surface area contributed by atoms with Crippen molar-refractivity contribution >= 4 is 17.3 Å². The molecule has 1 heterocycles. The van der Waals surface area contributed by atoms with E-state index in [1.807, 2.05) is 0 Å². The topological polar surface area (TPSA) is 83.2 Å². The first-order valence-electron chi connectivity index (χ1n) is 6.43. The molecule has 1 aromatic rings. The third kappa shape index (κ3) is 2.79. The highest BCUT2D eigenvalue weighted by atomic mass is 15.4. The number of nitrogens with one attached hydrogen (secondary N) is 1. The summed E-state index contributed by atoms with van der Waals surface area (Å²) in [6.45, 7) is 11.7. The quantitative estimate of drug-likeness (QED) is 0.550. The van der Waals surface area contributed by atoms with Gasteiger partial charge in [0.15, 0.2) is 11.6 Å². The highest BCUT2D eigenvalue weighted by molar-refractivity contribution is 5.77. The van der Waals surface area contributed by atoms with Crippen LogP contribution in [0.25, 0.3) is 0 Å². The molecule has 0 atom stereocenters. The van der Waals surface area contributed by atoms with Crippen LogP contribution in [0.2, 0.25) is 0 Å². The van der Waals surface area contributed by atoms with Gasteiger partial charge in [-0.05, 0) is 32.9 Å². The standard InChI is InChI=1S/C11H23N7/c1-5-17(6-2)10-9(13-12)11(15-16-14-10)18(7-3)8-4/h5-8,12H2,1-4H3,(H,13,16). The van der Waals surface area contributed by atoms with Gasteiger partial charge in [0.2, 0.25) is 0 Å². The van der Waals surface area contributed by atoms with Crippen molar-refractivity contribution in [2.75, 3.05) is 41.4 Å². The number of nitrogen functional groups attached to an aromatic ring is 1. The zero-order valence-electron chi connectivity index (χ0n) is 11.6. The van der Waals surface area contributed by atoms with Gasteiger partial charge in [-0.15, -0.1) is 10.2 Å². The fourth-order valence-electron chi connectivity index (χ4n) is 1.93. The van der Waals surface area contributed by atoms with Gasteiger partial charge in [0.25, 0.3) is 0 Å². The largest absolute Gasteiger partial charge is 0.354 e. The molecule has 0 aliphatic heterocycles. The van der Waals surface area contributed by atoms with E-state index in [2.05, 4.69) is 58.3 Å². The van der Waals surface area contributed by atoms with Crippen LogP contribution in [-0.2, 0) is 0 Å². The van der Waals surface area contributed by atoms with E-state index in [0.29, 0.717) is 0 Å². The SMILES string of the molecule is CCN(CC)c1nnnc(N(CC)CC)c1NN. The Bertz CT molecular complexity index is 330. The zero-order valence-corrected chi connectivity index (χ0v) is 11.6. The smallest absolute Gasteiger partial charge is 0.181 e. The molecule has 18 heavy (non-hydrogen) atoms. The van der Waals surface area contributed by atoms with Gasteiger partial charge in [-0.2, -0.15) is 0 Å². The van der Waals surface area contributed by atoms with Crippen molar-refractivity contribution in [1.82, 2.24) is 15.4 Å². The molecule has 0 saturated carbocycles. The lowest BCUT2D eigenvalue weighted by molar-refractivity contribution is 0.759. The first-order chi connectivity index (χ1) is 8.73. The Morgan fingerprint density at radius 1 is 0.889 bits per heavy atom. The van der Waals surface area contributed by atoms with E-state index in [4.69, 9.17) is 5.84 Å². The molecule has 0 aliphatic carbocycles. The minimum Gasteiger partial charge on any atom is -0.354 e. The summed E-state index contributed by atoms with van der Waals surface area (Å²) in [5, 5.41) is 12.0. The van der Waals surface area contributed by atoms with Crippen LogP contribution in [0.5, 0.6) is 0 Å². The number of rotatable bonds is 7. The molecule has 0 aliphatic rings. The van der Waals surface area contributed by atoms with Gasteiger partial charge in [-0.25, -0.2) is 0 Å². The van der Waals surface area contributed by atoms with E-state index in [9.17, 15) is 0 Å². The summed E-state index contributed by atoms with van der Waals surface area (Å²) in [5.41, 5.74) is 3.45. The van der Waals surface area contributed by atoms with Crippen molar-refractivity contribution in [2.24, 2.45) is 5.84 Å². The van der Waals surface area contributed by atoms with Crippen molar-refractivity contribution in [1.29, 1.82) is 0 Å². The Labute approximate surface area is 108 Å². The number of hydrogen-bond acceptors (Lipinski definition) is 7. The van der Waals surface area contributed by atoms with Crippen LogP contribution in [0.3, 0.4) is 0 Å². The summed E-state index contributed by atoms with van der Waals surface area (Å²) in [6.07, 6.45) is 0. The summed E-state index contributed by atoms with van der Waals surface area (Å²) in [4.78, 5) is 4.19. The molecular formula is C11H23N7. The lowest BCUT2D eigenvalue weighted by Gasteiger charge is -2.26. The molecule has 0 radical (unpaired) electrons. The molecule has 7 heteroatoms. The molecule has 0 saturated heterocycles. The number of anilines is 3. The van der Waals surface area contributed by atoms with E-state index < -0.39 is 0 Å². The van der Waals surface area contributed by atoms with Crippen LogP contribution in [0, 0.1) is 0 Å². The summed E-state index contributed by atoms with van der Waals surface area (Å²) in [7, 11) is 0. The lowest BCUT2D eigenvalue weighted by Crippen LogP contribution is -2.30. The van der Waals surface area contributed by atoms with E-state index in [0.717, 1.165) is 43.5 Å². The predicted molar refractivity (Wildman–Crippen MR) is 74.8 cm³/mol. The molecule has 1 aromatic heterocycles. The maximum absolute atomic E-state index is 5.63. The number of nitrogens with two attached hydrogens (primary N) is 1. The molecule has 1 rings (SSSR count). The monoisotopic (exact) mass is 253 g/mol. The molecule has 0 aromatic carbocycles.